The maximum absolute atomic E-state index is 13.7. The Morgan fingerprint density at radius 2 is 1.71 bits per heavy atom. The predicted octanol–water partition coefficient (Wildman–Crippen LogP) is 5.77. The highest BCUT2D eigenvalue weighted by atomic mass is 19.1. The lowest BCUT2D eigenvalue weighted by molar-refractivity contribution is 0.0306. The molecule has 0 N–H and O–H groups in total. The van der Waals surface area contributed by atoms with Crippen LogP contribution in [0.15, 0.2) is 91.5 Å². The second kappa shape index (κ2) is 11.0. The summed E-state index contributed by atoms with van der Waals surface area (Å²) in [5, 5.41) is 0. The average molecular weight is 472 g/mol. The lowest BCUT2D eigenvalue weighted by Crippen LogP contribution is -2.57. The van der Waals surface area contributed by atoms with Crippen molar-refractivity contribution >= 4 is 11.6 Å². The number of rotatable bonds is 7. The standard InChI is InChI=1S/C30H34FN3O/c1-5-17-33-20-23(3)34(21-22(33)2)29(24-11-7-6-8-12-24)25-13-9-14-26(18-25)30(35)32(4)28-16-10-15-27(31)19-28/h5-16,18-19,22-23,29H,1,17,20-21H2,2-4H3/t22-,23+,29-/m1/s1. The summed E-state index contributed by atoms with van der Waals surface area (Å²) in [5.41, 5.74) is 3.39. The van der Waals surface area contributed by atoms with Gasteiger partial charge in [-0.05, 0) is 55.3 Å². The topological polar surface area (TPSA) is 26.8 Å². The van der Waals surface area contributed by atoms with Gasteiger partial charge in [-0.25, -0.2) is 4.39 Å². The number of benzene rings is 3. The minimum atomic E-state index is -0.362. The molecule has 3 aromatic carbocycles. The van der Waals surface area contributed by atoms with E-state index in [2.05, 4.69) is 60.6 Å². The minimum Gasteiger partial charge on any atom is -0.311 e. The molecule has 0 aliphatic carbocycles. The van der Waals surface area contributed by atoms with Crippen LogP contribution in [-0.4, -0.2) is 54.5 Å². The molecule has 0 unspecified atom stereocenters. The minimum absolute atomic E-state index is 0.0201. The molecule has 4 rings (SSSR count). The molecule has 0 bridgehead atoms. The molecule has 5 heteroatoms. The first-order valence-electron chi connectivity index (χ1n) is 12.2. The largest absolute Gasteiger partial charge is 0.311 e. The Morgan fingerprint density at radius 1 is 1.00 bits per heavy atom. The molecule has 1 heterocycles. The number of halogens is 1. The monoisotopic (exact) mass is 471 g/mol. The van der Waals surface area contributed by atoms with Crippen LogP contribution in [0.1, 0.15) is 41.4 Å². The molecule has 0 spiro atoms. The van der Waals surface area contributed by atoms with E-state index in [1.807, 2.05) is 30.3 Å². The lowest BCUT2D eigenvalue weighted by Gasteiger charge is -2.47. The number of carbonyl (C=O) groups is 1. The highest BCUT2D eigenvalue weighted by Crippen LogP contribution is 2.34. The van der Waals surface area contributed by atoms with Gasteiger partial charge in [-0.3, -0.25) is 14.6 Å². The molecule has 1 aliphatic rings. The van der Waals surface area contributed by atoms with Gasteiger partial charge in [0.25, 0.3) is 5.91 Å². The molecule has 0 radical (unpaired) electrons. The average Bonchev–Trinajstić information content (AvgIpc) is 2.87. The van der Waals surface area contributed by atoms with Crippen LogP contribution >= 0.6 is 0 Å². The zero-order chi connectivity index (χ0) is 24.9. The van der Waals surface area contributed by atoms with Crippen molar-refractivity contribution in [1.82, 2.24) is 9.80 Å². The Labute approximate surface area is 208 Å². The summed E-state index contributed by atoms with van der Waals surface area (Å²) in [6.45, 7) is 11.2. The number of amides is 1. The molecule has 3 atom stereocenters. The van der Waals surface area contributed by atoms with E-state index in [0.717, 1.165) is 25.2 Å². The quantitative estimate of drug-likeness (QED) is 0.409. The summed E-state index contributed by atoms with van der Waals surface area (Å²) in [6.07, 6.45) is 1.97. The number of piperazine rings is 1. The van der Waals surface area contributed by atoms with Gasteiger partial charge < -0.3 is 4.90 Å². The molecule has 4 nitrogen and oxygen atoms in total. The van der Waals surface area contributed by atoms with E-state index < -0.39 is 0 Å². The van der Waals surface area contributed by atoms with Gasteiger partial charge in [0.15, 0.2) is 0 Å². The molecule has 1 saturated heterocycles. The summed E-state index contributed by atoms with van der Waals surface area (Å²) in [5.74, 6) is -0.528. The van der Waals surface area contributed by atoms with Crippen LogP contribution in [0.5, 0.6) is 0 Å². The first-order chi connectivity index (χ1) is 16.9. The number of hydrogen-bond donors (Lipinski definition) is 0. The Hall–Kier alpha value is -3.28. The second-order valence-corrected chi connectivity index (χ2v) is 9.42. The summed E-state index contributed by atoms with van der Waals surface area (Å²) in [7, 11) is 1.68. The van der Waals surface area contributed by atoms with Gasteiger partial charge in [-0.2, -0.15) is 0 Å². The van der Waals surface area contributed by atoms with E-state index in [1.54, 1.807) is 19.2 Å². The first kappa shape index (κ1) is 24.8. The zero-order valence-corrected chi connectivity index (χ0v) is 20.8. The number of nitrogens with zero attached hydrogens (tertiary/aromatic N) is 3. The van der Waals surface area contributed by atoms with Crippen molar-refractivity contribution in [2.75, 3.05) is 31.6 Å². The van der Waals surface area contributed by atoms with Crippen molar-refractivity contribution in [3.05, 3.63) is 114 Å². The number of anilines is 1. The summed E-state index contributed by atoms with van der Waals surface area (Å²) < 4.78 is 13.7. The van der Waals surface area contributed by atoms with Crippen molar-refractivity contribution in [2.45, 2.75) is 32.0 Å². The molecule has 35 heavy (non-hydrogen) atoms. The SMILES string of the molecule is C=CCN1C[C@H](C)N([C@H](c2ccccc2)c2cccc(C(=O)N(C)c3cccc(F)c3)c2)C[C@H]1C. The molecule has 3 aromatic rings. The van der Waals surface area contributed by atoms with Crippen molar-refractivity contribution in [1.29, 1.82) is 0 Å². The fourth-order valence-electron chi connectivity index (χ4n) is 5.05. The van der Waals surface area contributed by atoms with E-state index >= 15 is 0 Å². The van der Waals surface area contributed by atoms with Crippen molar-refractivity contribution in [3.8, 4) is 0 Å². The number of hydrogen-bond acceptors (Lipinski definition) is 3. The van der Waals surface area contributed by atoms with Crippen LogP contribution in [0.2, 0.25) is 0 Å². The highest BCUT2D eigenvalue weighted by Gasteiger charge is 2.34. The van der Waals surface area contributed by atoms with Crippen LogP contribution in [0, 0.1) is 5.82 Å². The Bertz CT molecular complexity index is 1170. The Morgan fingerprint density at radius 3 is 2.43 bits per heavy atom. The van der Waals surface area contributed by atoms with Gasteiger partial charge in [-0.15, -0.1) is 6.58 Å². The van der Waals surface area contributed by atoms with E-state index in [-0.39, 0.29) is 17.8 Å². The Kier molecular flexibility index (Phi) is 7.79. The molecular formula is C30H34FN3O. The fraction of sp³-hybridized carbons (Fsp3) is 0.300. The number of carbonyl (C=O) groups excluding carboxylic acids is 1. The van der Waals surface area contributed by atoms with Gasteiger partial charge in [-0.1, -0.05) is 54.6 Å². The van der Waals surface area contributed by atoms with Crippen molar-refractivity contribution in [2.24, 2.45) is 0 Å². The van der Waals surface area contributed by atoms with Crippen LogP contribution in [-0.2, 0) is 0 Å². The summed E-state index contributed by atoms with van der Waals surface area (Å²) in [4.78, 5) is 19.9. The maximum atomic E-state index is 13.7. The predicted molar refractivity (Wildman–Crippen MR) is 141 cm³/mol. The third-order valence-electron chi connectivity index (χ3n) is 6.92. The van der Waals surface area contributed by atoms with Crippen molar-refractivity contribution in [3.63, 3.8) is 0 Å². The third kappa shape index (κ3) is 5.53. The molecule has 1 aliphatic heterocycles. The van der Waals surface area contributed by atoms with Gasteiger partial charge in [0.2, 0.25) is 0 Å². The van der Waals surface area contributed by atoms with Crippen molar-refractivity contribution < 1.29 is 9.18 Å². The third-order valence-corrected chi connectivity index (χ3v) is 6.92. The van der Waals surface area contributed by atoms with Gasteiger partial charge in [0, 0.05) is 50.0 Å². The molecule has 0 saturated carbocycles. The molecule has 182 valence electrons. The normalized spacial score (nSPS) is 19.8. The van der Waals surface area contributed by atoms with Crippen LogP contribution in [0.4, 0.5) is 10.1 Å². The molecule has 1 fully saturated rings. The second-order valence-electron chi connectivity index (χ2n) is 9.42. The summed E-state index contributed by atoms with van der Waals surface area (Å²) in [6, 6.07) is 25.2. The Balaban J connectivity index is 1.68. The van der Waals surface area contributed by atoms with E-state index in [4.69, 9.17) is 0 Å². The highest BCUT2D eigenvalue weighted by molar-refractivity contribution is 6.05. The lowest BCUT2D eigenvalue weighted by atomic mass is 9.92. The molecule has 0 aromatic heterocycles. The van der Waals surface area contributed by atoms with Crippen LogP contribution in [0.25, 0.3) is 0 Å². The smallest absolute Gasteiger partial charge is 0.258 e. The fourth-order valence-corrected chi connectivity index (χ4v) is 5.05. The summed E-state index contributed by atoms with van der Waals surface area (Å²) >= 11 is 0. The van der Waals surface area contributed by atoms with Gasteiger partial charge in [0.05, 0.1) is 6.04 Å². The van der Waals surface area contributed by atoms with Crippen LogP contribution < -0.4 is 4.90 Å². The zero-order valence-electron chi connectivity index (χ0n) is 20.8. The van der Waals surface area contributed by atoms with Gasteiger partial charge in [0.1, 0.15) is 5.82 Å². The maximum Gasteiger partial charge on any atom is 0.258 e. The van der Waals surface area contributed by atoms with Crippen LogP contribution in [0.3, 0.4) is 0 Å². The first-order valence-corrected chi connectivity index (χ1v) is 12.2. The molecular weight excluding hydrogens is 437 g/mol. The van der Waals surface area contributed by atoms with E-state index in [1.165, 1.54) is 22.6 Å². The van der Waals surface area contributed by atoms with E-state index in [9.17, 15) is 9.18 Å². The van der Waals surface area contributed by atoms with E-state index in [0.29, 0.717) is 23.3 Å². The molecule has 1 amide bonds. The van der Waals surface area contributed by atoms with Gasteiger partial charge >= 0.3 is 0 Å².